The van der Waals surface area contributed by atoms with E-state index in [1.807, 2.05) is 0 Å². The van der Waals surface area contributed by atoms with E-state index in [2.05, 4.69) is 5.32 Å². The van der Waals surface area contributed by atoms with Gasteiger partial charge in [0.25, 0.3) is 0 Å². The second kappa shape index (κ2) is 8.18. The first-order valence-electron chi connectivity index (χ1n) is 8.86. The molecule has 1 amide bonds. The summed E-state index contributed by atoms with van der Waals surface area (Å²) in [5.41, 5.74) is 8.68. The van der Waals surface area contributed by atoms with Crippen molar-refractivity contribution in [3.63, 3.8) is 0 Å². The van der Waals surface area contributed by atoms with Crippen LogP contribution in [-0.4, -0.2) is 47.2 Å². The number of carbonyl (C=O) groups is 2. The molecule has 6 N–H and O–H groups in total. The molecular weight excluding hydrogens is 363 g/mol. The third kappa shape index (κ3) is 4.52. The zero-order chi connectivity index (χ0) is 20.3. The highest BCUT2D eigenvalue weighted by Gasteiger charge is 2.29. The number of nitrogens with zero attached hydrogens (tertiary/aromatic N) is 1. The molecular formula is C20H22FN4O3+. The number of likely N-dealkylation sites (tertiary alicyclic amines) is 1. The molecule has 1 heterocycles. The lowest BCUT2D eigenvalue weighted by molar-refractivity contribution is -0.138. The van der Waals surface area contributed by atoms with Crippen LogP contribution < -0.4 is 16.5 Å². The van der Waals surface area contributed by atoms with Crippen molar-refractivity contribution in [2.45, 2.75) is 6.42 Å². The van der Waals surface area contributed by atoms with Gasteiger partial charge in [0.05, 0.1) is 18.0 Å². The lowest BCUT2D eigenvalue weighted by Gasteiger charge is -2.14. The normalized spacial score (nSPS) is 16.7. The Balaban J connectivity index is 1.65. The maximum absolute atomic E-state index is 13.1. The van der Waals surface area contributed by atoms with Gasteiger partial charge in [0.1, 0.15) is 5.82 Å². The largest absolute Gasteiger partial charge is 0.480 e. The summed E-state index contributed by atoms with van der Waals surface area (Å²) in [6, 6.07) is 10.8. The number of hydrogen-bond acceptors (Lipinski definition) is 4. The predicted octanol–water partition coefficient (Wildman–Crippen LogP) is 0.349. The number of hydrogen-bond donors (Lipinski definition) is 4. The van der Waals surface area contributed by atoms with E-state index >= 15 is 0 Å². The smallest absolute Gasteiger partial charge is 0.317 e. The molecule has 3 rings (SSSR count). The molecule has 1 fully saturated rings. The highest BCUT2D eigenvalue weighted by molar-refractivity contribution is 6.12. The van der Waals surface area contributed by atoms with E-state index in [9.17, 15) is 14.0 Å². The SMILES string of the molecule is Nc1cc(NC(=O)C2CCN(CC(=O)O)C2)ccc1C(=[NH2+])c1ccc(F)cc1. The Hall–Kier alpha value is -3.26. The maximum Gasteiger partial charge on any atom is 0.317 e. The number of carboxylic acid groups (broad SMARTS) is 1. The summed E-state index contributed by atoms with van der Waals surface area (Å²) in [5.74, 6) is -1.69. The van der Waals surface area contributed by atoms with Gasteiger partial charge in [-0.1, -0.05) is 0 Å². The summed E-state index contributed by atoms with van der Waals surface area (Å²) in [6.45, 7) is 0.926. The Bertz CT molecular complexity index is 914. The Kier molecular flexibility index (Phi) is 5.70. The van der Waals surface area contributed by atoms with E-state index in [1.165, 1.54) is 12.1 Å². The molecule has 0 aliphatic carbocycles. The molecule has 2 aromatic carbocycles. The Morgan fingerprint density at radius 1 is 1.25 bits per heavy atom. The van der Waals surface area contributed by atoms with E-state index in [1.54, 1.807) is 35.2 Å². The Labute approximate surface area is 161 Å². The molecule has 1 aliphatic heterocycles. The van der Waals surface area contributed by atoms with Gasteiger partial charge in [0.2, 0.25) is 11.6 Å². The Morgan fingerprint density at radius 2 is 1.96 bits per heavy atom. The minimum Gasteiger partial charge on any atom is -0.480 e. The fraction of sp³-hybridized carbons (Fsp3) is 0.250. The molecule has 0 radical (unpaired) electrons. The molecule has 2 aromatic rings. The van der Waals surface area contributed by atoms with E-state index in [4.69, 9.17) is 16.2 Å². The minimum absolute atomic E-state index is 0.0656. The number of nitrogens with one attached hydrogen (secondary N) is 1. The number of nitrogen functional groups attached to an aromatic ring is 1. The van der Waals surface area contributed by atoms with Crippen molar-refractivity contribution in [2.75, 3.05) is 30.7 Å². The summed E-state index contributed by atoms with van der Waals surface area (Å²) in [6.07, 6.45) is 0.609. The van der Waals surface area contributed by atoms with Crippen molar-refractivity contribution < 1.29 is 24.5 Å². The molecule has 1 saturated heterocycles. The van der Waals surface area contributed by atoms with Crippen LogP contribution in [0.15, 0.2) is 42.5 Å². The van der Waals surface area contributed by atoms with Crippen molar-refractivity contribution in [3.8, 4) is 0 Å². The van der Waals surface area contributed by atoms with Crippen LogP contribution in [0.25, 0.3) is 0 Å². The topological polar surface area (TPSA) is 121 Å². The zero-order valence-electron chi connectivity index (χ0n) is 15.2. The molecule has 28 heavy (non-hydrogen) atoms. The second-order valence-corrected chi connectivity index (χ2v) is 6.83. The van der Waals surface area contributed by atoms with Gasteiger partial charge in [-0.2, -0.15) is 0 Å². The third-order valence-electron chi connectivity index (χ3n) is 4.77. The predicted molar refractivity (Wildman–Crippen MR) is 103 cm³/mol. The van der Waals surface area contributed by atoms with Gasteiger partial charge < -0.3 is 16.2 Å². The van der Waals surface area contributed by atoms with Gasteiger partial charge in [-0.05, 0) is 55.4 Å². The molecule has 7 nitrogen and oxygen atoms in total. The highest BCUT2D eigenvalue weighted by atomic mass is 19.1. The minimum atomic E-state index is -0.903. The van der Waals surface area contributed by atoms with Gasteiger partial charge in [0.15, 0.2) is 0 Å². The summed E-state index contributed by atoms with van der Waals surface area (Å²) in [5, 5.41) is 17.8. The number of benzene rings is 2. The van der Waals surface area contributed by atoms with Crippen LogP contribution in [0.5, 0.6) is 0 Å². The quantitative estimate of drug-likeness (QED) is 0.422. The lowest BCUT2D eigenvalue weighted by Crippen LogP contribution is -2.41. The van der Waals surface area contributed by atoms with Gasteiger partial charge in [0, 0.05) is 23.5 Å². The summed E-state index contributed by atoms with van der Waals surface area (Å²) in [7, 11) is 0. The monoisotopic (exact) mass is 385 g/mol. The van der Waals surface area contributed by atoms with Crippen LogP contribution in [0.2, 0.25) is 0 Å². The number of carboxylic acids is 1. The van der Waals surface area contributed by atoms with Gasteiger partial charge in [-0.15, -0.1) is 0 Å². The van der Waals surface area contributed by atoms with Crippen molar-refractivity contribution in [2.24, 2.45) is 5.92 Å². The van der Waals surface area contributed by atoms with Crippen LogP contribution in [0.1, 0.15) is 17.5 Å². The highest BCUT2D eigenvalue weighted by Crippen LogP contribution is 2.23. The van der Waals surface area contributed by atoms with Crippen LogP contribution in [0.4, 0.5) is 15.8 Å². The van der Waals surface area contributed by atoms with Gasteiger partial charge in [-0.25, -0.2) is 4.39 Å². The first kappa shape index (κ1) is 19.5. The fourth-order valence-electron chi connectivity index (χ4n) is 3.30. The number of halogens is 1. The second-order valence-electron chi connectivity index (χ2n) is 6.83. The van der Waals surface area contributed by atoms with Crippen LogP contribution in [-0.2, 0) is 9.59 Å². The molecule has 8 heteroatoms. The van der Waals surface area contributed by atoms with E-state index in [0.29, 0.717) is 47.7 Å². The number of rotatable bonds is 6. The standard InChI is InChI=1S/C20H21FN4O3/c21-14-3-1-12(2-4-14)19(23)16-6-5-15(9-17(16)22)24-20(28)13-7-8-25(10-13)11-18(26)27/h1-6,9,13,23H,7-8,10-11,22H2,(H,24,28)(H,26,27)/p+1. The Morgan fingerprint density at radius 3 is 2.61 bits per heavy atom. The number of amides is 1. The van der Waals surface area contributed by atoms with Crippen molar-refractivity contribution >= 4 is 29.0 Å². The van der Waals surface area contributed by atoms with Gasteiger partial charge in [-0.3, -0.25) is 19.9 Å². The van der Waals surface area contributed by atoms with E-state index < -0.39 is 5.97 Å². The lowest BCUT2D eigenvalue weighted by atomic mass is 10.0. The molecule has 0 spiro atoms. The van der Waals surface area contributed by atoms with E-state index in [0.717, 1.165) is 0 Å². The number of carbonyl (C=O) groups excluding carboxylic acids is 1. The summed E-state index contributed by atoms with van der Waals surface area (Å²) >= 11 is 0. The average molecular weight is 385 g/mol. The van der Waals surface area contributed by atoms with Crippen molar-refractivity contribution in [1.82, 2.24) is 4.90 Å². The van der Waals surface area contributed by atoms with Crippen LogP contribution in [0.3, 0.4) is 0 Å². The molecule has 1 aliphatic rings. The maximum atomic E-state index is 13.1. The van der Waals surface area contributed by atoms with Crippen LogP contribution >= 0.6 is 0 Å². The first-order chi connectivity index (χ1) is 13.3. The molecule has 0 aromatic heterocycles. The number of aliphatic carboxylic acids is 1. The first-order valence-corrected chi connectivity index (χ1v) is 8.86. The third-order valence-corrected chi connectivity index (χ3v) is 4.77. The molecule has 146 valence electrons. The summed E-state index contributed by atoms with van der Waals surface area (Å²) < 4.78 is 13.1. The number of anilines is 2. The van der Waals surface area contributed by atoms with E-state index in [-0.39, 0.29) is 24.2 Å². The zero-order valence-corrected chi connectivity index (χ0v) is 15.2. The molecule has 0 saturated carbocycles. The fourth-order valence-corrected chi connectivity index (χ4v) is 3.30. The van der Waals surface area contributed by atoms with Crippen LogP contribution in [0, 0.1) is 11.7 Å². The van der Waals surface area contributed by atoms with Gasteiger partial charge >= 0.3 is 5.97 Å². The van der Waals surface area contributed by atoms with Crippen molar-refractivity contribution in [3.05, 3.63) is 59.4 Å². The summed E-state index contributed by atoms with van der Waals surface area (Å²) in [4.78, 5) is 25.0. The average Bonchev–Trinajstić information content (AvgIpc) is 3.10. The molecule has 1 unspecified atom stereocenters. The number of nitrogens with two attached hydrogens (primary N) is 2. The molecule has 1 atom stereocenters. The molecule has 0 bridgehead atoms. The van der Waals surface area contributed by atoms with Crippen molar-refractivity contribution in [1.29, 1.82) is 0 Å².